The molecular weight excluding hydrogens is 252 g/mol. The van der Waals surface area contributed by atoms with Gasteiger partial charge in [-0.25, -0.2) is 0 Å². The van der Waals surface area contributed by atoms with Gasteiger partial charge in [0.2, 0.25) is 0 Å². The van der Waals surface area contributed by atoms with E-state index >= 15 is 0 Å². The molecule has 1 aliphatic carbocycles. The molecule has 1 heterocycles. The Bertz CT molecular complexity index is 437. The topological polar surface area (TPSA) is 44.5 Å². The van der Waals surface area contributed by atoms with Gasteiger partial charge in [-0.3, -0.25) is 0 Å². The first kappa shape index (κ1) is 12.4. The van der Waals surface area contributed by atoms with Crippen molar-refractivity contribution in [2.75, 3.05) is 0 Å². The van der Waals surface area contributed by atoms with Crippen molar-refractivity contribution >= 4 is 12.4 Å². The summed E-state index contributed by atoms with van der Waals surface area (Å²) in [6, 6.07) is 4.64. The Morgan fingerprint density at radius 1 is 1.24 bits per heavy atom. The fraction of sp³-hybridized carbons (Fsp3) is 0.455. The lowest BCUT2D eigenvalue weighted by atomic mass is 10.0. The Labute approximate surface area is 103 Å². The molecule has 1 saturated carbocycles. The SMILES string of the molecule is Cl.NC(c1ccc2c(c1)OC(F)(F)O2)C1CC1. The third-order valence-electron chi connectivity index (χ3n) is 2.94. The molecule has 3 nitrogen and oxygen atoms in total. The molecule has 1 aromatic carbocycles. The van der Waals surface area contributed by atoms with Gasteiger partial charge in [0.05, 0.1) is 0 Å². The lowest BCUT2D eigenvalue weighted by Crippen LogP contribution is -2.25. The fourth-order valence-corrected chi connectivity index (χ4v) is 1.90. The van der Waals surface area contributed by atoms with E-state index in [9.17, 15) is 8.78 Å². The molecule has 1 unspecified atom stereocenters. The van der Waals surface area contributed by atoms with E-state index < -0.39 is 6.29 Å². The van der Waals surface area contributed by atoms with E-state index in [1.807, 2.05) is 0 Å². The molecule has 17 heavy (non-hydrogen) atoms. The van der Waals surface area contributed by atoms with Crippen LogP contribution in [0.1, 0.15) is 24.4 Å². The van der Waals surface area contributed by atoms with E-state index in [4.69, 9.17) is 5.73 Å². The minimum atomic E-state index is -3.55. The molecule has 2 N–H and O–H groups in total. The molecule has 0 spiro atoms. The fourth-order valence-electron chi connectivity index (χ4n) is 1.90. The molecule has 0 bridgehead atoms. The zero-order chi connectivity index (χ0) is 11.3. The molecule has 0 radical (unpaired) electrons. The van der Waals surface area contributed by atoms with Crippen LogP contribution in [0.4, 0.5) is 8.78 Å². The van der Waals surface area contributed by atoms with Crippen molar-refractivity contribution < 1.29 is 18.3 Å². The molecule has 0 saturated heterocycles. The van der Waals surface area contributed by atoms with Crippen molar-refractivity contribution in [2.45, 2.75) is 25.2 Å². The zero-order valence-electron chi connectivity index (χ0n) is 8.86. The monoisotopic (exact) mass is 263 g/mol. The molecule has 1 fully saturated rings. The van der Waals surface area contributed by atoms with Gasteiger partial charge in [-0.15, -0.1) is 21.2 Å². The quantitative estimate of drug-likeness (QED) is 0.892. The predicted molar refractivity (Wildman–Crippen MR) is 59.5 cm³/mol. The smallest absolute Gasteiger partial charge is 0.395 e. The predicted octanol–water partition coefficient (Wildman–Crippen LogP) is 2.84. The average Bonchev–Trinajstić information content (AvgIpc) is 2.98. The van der Waals surface area contributed by atoms with Crippen molar-refractivity contribution in [1.82, 2.24) is 0 Å². The van der Waals surface area contributed by atoms with E-state index in [-0.39, 0.29) is 29.9 Å². The second kappa shape index (κ2) is 3.99. The van der Waals surface area contributed by atoms with Gasteiger partial charge in [-0.05, 0) is 36.5 Å². The van der Waals surface area contributed by atoms with Crippen molar-refractivity contribution in [3.8, 4) is 11.5 Å². The normalized spacial score (nSPS) is 21.8. The molecule has 0 aromatic heterocycles. The van der Waals surface area contributed by atoms with Crippen LogP contribution in [0.25, 0.3) is 0 Å². The van der Waals surface area contributed by atoms with E-state index in [0.29, 0.717) is 5.92 Å². The van der Waals surface area contributed by atoms with Gasteiger partial charge in [-0.2, -0.15) is 0 Å². The zero-order valence-corrected chi connectivity index (χ0v) is 9.68. The van der Waals surface area contributed by atoms with Crippen LogP contribution in [0.3, 0.4) is 0 Å². The maximum Gasteiger partial charge on any atom is 0.586 e. The minimum absolute atomic E-state index is 0. The highest BCUT2D eigenvalue weighted by molar-refractivity contribution is 5.85. The van der Waals surface area contributed by atoms with Crippen molar-refractivity contribution in [3.63, 3.8) is 0 Å². The Hall–Kier alpha value is -1.07. The average molecular weight is 264 g/mol. The van der Waals surface area contributed by atoms with Gasteiger partial charge in [0, 0.05) is 6.04 Å². The first-order valence-corrected chi connectivity index (χ1v) is 5.20. The summed E-state index contributed by atoms with van der Waals surface area (Å²) in [6.07, 6.45) is -1.35. The van der Waals surface area contributed by atoms with Crippen molar-refractivity contribution in [1.29, 1.82) is 0 Å². The van der Waals surface area contributed by atoms with Crippen LogP contribution >= 0.6 is 12.4 Å². The molecule has 1 aromatic rings. The number of halogens is 3. The molecule has 1 atom stereocenters. The second-order valence-electron chi connectivity index (χ2n) is 4.24. The summed E-state index contributed by atoms with van der Waals surface area (Å²) in [5.41, 5.74) is 6.80. The Balaban J connectivity index is 0.00000108. The standard InChI is InChI=1S/C11H11F2NO2.ClH/c12-11(13)15-8-4-3-7(5-9(8)16-11)10(14)6-1-2-6;/h3-6,10H,1-2,14H2;1H. The summed E-state index contributed by atoms with van der Waals surface area (Å²) in [5.74, 6) is 0.608. The summed E-state index contributed by atoms with van der Waals surface area (Å²) >= 11 is 0. The first-order chi connectivity index (χ1) is 7.55. The van der Waals surface area contributed by atoms with Crippen molar-refractivity contribution in [2.24, 2.45) is 11.7 Å². The van der Waals surface area contributed by atoms with E-state index in [0.717, 1.165) is 18.4 Å². The Kier molecular flexibility index (Phi) is 2.91. The minimum Gasteiger partial charge on any atom is -0.395 e. The van der Waals surface area contributed by atoms with Gasteiger partial charge in [-0.1, -0.05) is 6.07 Å². The molecule has 94 valence electrons. The molecule has 2 aliphatic rings. The maximum atomic E-state index is 12.8. The van der Waals surface area contributed by atoms with Crippen molar-refractivity contribution in [3.05, 3.63) is 23.8 Å². The summed E-state index contributed by atoms with van der Waals surface area (Å²) in [4.78, 5) is 0. The Morgan fingerprint density at radius 3 is 2.53 bits per heavy atom. The van der Waals surface area contributed by atoms with E-state index in [1.165, 1.54) is 6.07 Å². The summed E-state index contributed by atoms with van der Waals surface area (Å²) in [6.45, 7) is 0. The number of fused-ring (bicyclic) bond motifs is 1. The number of hydrogen-bond donors (Lipinski definition) is 1. The van der Waals surface area contributed by atoms with Crippen LogP contribution in [0, 0.1) is 5.92 Å². The summed E-state index contributed by atoms with van der Waals surface area (Å²) in [7, 11) is 0. The third-order valence-corrected chi connectivity index (χ3v) is 2.94. The van der Waals surface area contributed by atoms with Crippen LogP contribution in [0.2, 0.25) is 0 Å². The van der Waals surface area contributed by atoms with Gasteiger partial charge in [0.25, 0.3) is 0 Å². The van der Waals surface area contributed by atoms with Crippen LogP contribution in [-0.2, 0) is 0 Å². The number of alkyl halides is 2. The summed E-state index contributed by atoms with van der Waals surface area (Å²) in [5, 5.41) is 0. The number of ether oxygens (including phenoxy) is 2. The molecule has 0 amide bonds. The van der Waals surface area contributed by atoms with E-state index in [1.54, 1.807) is 12.1 Å². The number of benzene rings is 1. The molecular formula is C11H12ClF2NO2. The van der Waals surface area contributed by atoms with Crippen LogP contribution < -0.4 is 15.2 Å². The third kappa shape index (κ3) is 2.30. The summed E-state index contributed by atoms with van der Waals surface area (Å²) < 4.78 is 34.2. The van der Waals surface area contributed by atoms with Gasteiger partial charge >= 0.3 is 6.29 Å². The maximum absolute atomic E-state index is 12.8. The van der Waals surface area contributed by atoms with Gasteiger partial charge in [0.15, 0.2) is 11.5 Å². The number of rotatable bonds is 2. The molecule has 6 heteroatoms. The lowest BCUT2D eigenvalue weighted by molar-refractivity contribution is -0.286. The Morgan fingerprint density at radius 2 is 1.88 bits per heavy atom. The van der Waals surface area contributed by atoms with Crippen LogP contribution in [0.15, 0.2) is 18.2 Å². The second-order valence-corrected chi connectivity index (χ2v) is 4.24. The first-order valence-electron chi connectivity index (χ1n) is 5.20. The van der Waals surface area contributed by atoms with Gasteiger partial charge in [0.1, 0.15) is 0 Å². The molecule has 1 aliphatic heterocycles. The number of nitrogens with two attached hydrogens (primary N) is 1. The highest BCUT2D eigenvalue weighted by Crippen LogP contribution is 2.45. The van der Waals surface area contributed by atoms with Gasteiger partial charge < -0.3 is 15.2 Å². The van der Waals surface area contributed by atoms with Crippen LogP contribution in [0.5, 0.6) is 11.5 Å². The number of hydrogen-bond acceptors (Lipinski definition) is 3. The highest BCUT2D eigenvalue weighted by Gasteiger charge is 2.43. The largest absolute Gasteiger partial charge is 0.586 e. The highest BCUT2D eigenvalue weighted by atomic mass is 35.5. The lowest BCUT2D eigenvalue weighted by Gasteiger charge is -2.10. The molecule has 3 rings (SSSR count). The van der Waals surface area contributed by atoms with Crippen LogP contribution in [-0.4, -0.2) is 6.29 Å². The van der Waals surface area contributed by atoms with E-state index in [2.05, 4.69) is 9.47 Å².